The fraction of sp³-hybridized carbons (Fsp3) is 0.429. The van der Waals surface area contributed by atoms with Gasteiger partial charge >= 0.3 is 5.97 Å². The maximum Gasteiger partial charge on any atom is 0.341 e. The van der Waals surface area contributed by atoms with Gasteiger partial charge in [-0.2, -0.15) is 0 Å². The van der Waals surface area contributed by atoms with Crippen LogP contribution in [-0.2, 0) is 17.6 Å². The number of amides is 1. The van der Waals surface area contributed by atoms with Crippen molar-refractivity contribution >= 4 is 39.6 Å². The quantitative estimate of drug-likeness (QED) is 0.435. The Labute approximate surface area is 178 Å². The number of nitro benzene ring substituents is 1. The molecule has 8 nitrogen and oxygen atoms in total. The average molecular weight is 429 g/mol. The van der Waals surface area contributed by atoms with Crippen LogP contribution in [-0.4, -0.2) is 37.0 Å². The topological polar surface area (TPSA) is 102 Å². The van der Waals surface area contributed by atoms with Gasteiger partial charge in [0.15, 0.2) is 0 Å². The van der Waals surface area contributed by atoms with Gasteiger partial charge in [0, 0.05) is 29.6 Å². The van der Waals surface area contributed by atoms with Gasteiger partial charge in [0.2, 0.25) is 0 Å². The molecule has 1 aromatic heterocycles. The van der Waals surface area contributed by atoms with Crippen molar-refractivity contribution in [3.63, 3.8) is 0 Å². The molecule has 0 saturated carbocycles. The number of nitrogens with zero attached hydrogens (tertiary/aromatic N) is 2. The van der Waals surface area contributed by atoms with E-state index in [-0.39, 0.29) is 11.3 Å². The number of carbonyl (C=O) groups is 2. The van der Waals surface area contributed by atoms with Crippen molar-refractivity contribution in [1.82, 2.24) is 0 Å². The Morgan fingerprint density at radius 3 is 2.60 bits per heavy atom. The normalized spacial score (nSPS) is 15.6. The second-order valence-electron chi connectivity index (χ2n) is 7.52. The molecule has 1 amide bonds. The number of thiophene rings is 1. The van der Waals surface area contributed by atoms with Gasteiger partial charge in [0.1, 0.15) is 10.7 Å². The molecule has 4 rings (SSSR count). The molecule has 1 aliphatic heterocycles. The van der Waals surface area contributed by atoms with Gasteiger partial charge in [-0.25, -0.2) is 4.79 Å². The number of nitrogens with one attached hydrogen (secondary N) is 1. The summed E-state index contributed by atoms with van der Waals surface area (Å²) >= 11 is 1.39. The van der Waals surface area contributed by atoms with Crippen LogP contribution in [0, 0.1) is 10.1 Å². The summed E-state index contributed by atoms with van der Waals surface area (Å²) in [5.41, 5.74) is 2.00. The second-order valence-corrected chi connectivity index (χ2v) is 8.62. The zero-order valence-electron chi connectivity index (χ0n) is 16.7. The molecule has 0 radical (unpaired) electrons. The lowest BCUT2D eigenvalue weighted by molar-refractivity contribution is -0.384. The first-order valence-corrected chi connectivity index (χ1v) is 10.9. The molecule has 0 unspecified atom stereocenters. The number of hydrogen-bond donors (Lipinski definition) is 1. The number of benzene rings is 1. The van der Waals surface area contributed by atoms with Crippen LogP contribution in [0.25, 0.3) is 0 Å². The zero-order valence-corrected chi connectivity index (χ0v) is 17.5. The molecule has 9 heteroatoms. The summed E-state index contributed by atoms with van der Waals surface area (Å²) in [6.45, 7) is 1.55. The van der Waals surface area contributed by atoms with E-state index < -0.39 is 16.8 Å². The van der Waals surface area contributed by atoms with Crippen LogP contribution in [0.2, 0.25) is 0 Å². The molecule has 30 heavy (non-hydrogen) atoms. The number of fused-ring (bicyclic) bond motifs is 1. The predicted octanol–water partition coefficient (Wildman–Crippen LogP) is 4.17. The van der Waals surface area contributed by atoms with Gasteiger partial charge in [0.05, 0.1) is 17.6 Å². The summed E-state index contributed by atoms with van der Waals surface area (Å²) in [4.78, 5) is 39.5. The van der Waals surface area contributed by atoms with Crippen LogP contribution >= 0.6 is 11.3 Å². The summed E-state index contributed by atoms with van der Waals surface area (Å²) in [6, 6.07) is 4.55. The molecular formula is C21H23N3O5S. The summed E-state index contributed by atoms with van der Waals surface area (Å²) in [5, 5.41) is 14.9. The fourth-order valence-corrected chi connectivity index (χ4v) is 5.46. The highest BCUT2D eigenvalue weighted by molar-refractivity contribution is 7.17. The van der Waals surface area contributed by atoms with Gasteiger partial charge in [-0.05, 0) is 56.2 Å². The van der Waals surface area contributed by atoms with Crippen molar-refractivity contribution in [2.75, 3.05) is 30.4 Å². The molecule has 1 fully saturated rings. The minimum Gasteiger partial charge on any atom is -0.465 e. The highest BCUT2D eigenvalue weighted by Crippen LogP contribution is 2.39. The van der Waals surface area contributed by atoms with Crippen LogP contribution in [0.5, 0.6) is 0 Å². The van der Waals surface area contributed by atoms with E-state index in [0.717, 1.165) is 62.1 Å². The molecule has 0 bridgehead atoms. The van der Waals surface area contributed by atoms with E-state index in [0.29, 0.717) is 16.3 Å². The molecule has 2 aromatic rings. The molecule has 0 atom stereocenters. The van der Waals surface area contributed by atoms with E-state index in [1.54, 1.807) is 12.1 Å². The Morgan fingerprint density at radius 2 is 1.90 bits per heavy atom. The van der Waals surface area contributed by atoms with E-state index in [1.807, 2.05) is 4.90 Å². The summed E-state index contributed by atoms with van der Waals surface area (Å²) in [5.74, 6) is -0.949. The Kier molecular flexibility index (Phi) is 5.72. The van der Waals surface area contributed by atoms with Crippen LogP contribution in [0.1, 0.15) is 56.8 Å². The van der Waals surface area contributed by atoms with Crippen molar-refractivity contribution in [1.29, 1.82) is 0 Å². The SMILES string of the molecule is COC(=O)c1c(NC(=O)c2ccc(N3CCCC3)c([N+](=O)[O-])c2)sc2c1CCCC2. The number of carbonyl (C=O) groups excluding carboxylic acids is 2. The molecule has 1 N–H and O–H groups in total. The molecule has 2 heterocycles. The second kappa shape index (κ2) is 8.43. The molecule has 0 spiro atoms. The Balaban J connectivity index is 1.64. The highest BCUT2D eigenvalue weighted by atomic mass is 32.1. The monoisotopic (exact) mass is 429 g/mol. The minimum atomic E-state index is -0.477. The zero-order chi connectivity index (χ0) is 21.3. The number of esters is 1. The molecular weight excluding hydrogens is 406 g/mol. The van der Waals surface area contributed by atoms with Crippen molar-refractivity contribution in [2.45, 2.75) is 38.5 Å². The van der Waals surface area contributed by atoms with Gasteiger partial charge in [-0.3, -0.25) is 14.9 Å². The maximum absolute atomic E-state index is 12.9. The minimum absolute atomic E-state index is 0.0804. The standard InChI is InChI=1S/C21H23N3O5S/c1-29-21(26)18-14-6-2-3-7-17(14)30-20(18)22-19(25)13-8-9-15(16(12-13)24(27)28)23-10-4-5-11-23/h8-9,12H,2-7,10-11H2,1H3,(H,22,25). The van der Waals surface area contributed by atoms with Gasteiger partial charge in [0.25, 0.3) is 11.6 Å². The van der Waals surface area contributed by atoms with E-state index >= 15 is 0 Å². The van der Waals surface area contributed by atoms with E-state index in [2.05, 4.69) is 5.32 Å². The molecule has 1 aliphatic carbocycles. The lowest BCUT2D eigenvalue weighted by Gasteiger charge is -2.17. The summed E-state index contributed by atoms with van der Waals surface area (Å²) in [7, 11) is 1.32. The van der Waals surface area contributed by atoms with Crippen molar-refractivity contribution in [3.8, 4) is 0 Å². The van der Waals surface area contributed by atoms with Crippen molar-refractivity contribution < 1.29 is 19.2 Å². The lowest BCUT2D eigenvalue weighted by atomic mass is 9.95. The third-order valence-electron chi connectivity index (χ3n) is 5.67. The Hall–Kier alpha value is -2.94. The first kappa shape index (κ1) is 20.3. The van der Waals surface area contributed by atoms with Crippen molar-refractivity contribution in [3.05, 3.63) is 49.9 Å². The number of ether oxygens (including phenoxy) is 1. The maximum atomic E-state index is 12.9. The smallest absolute Gasteiger partial charge is 0.341 e. The molecule has 2 aliphatic rings. The number of hydrogen-bond acceptors (Lipinski definition) is 7. The lowest BCUT2D eigenvalue weighted by Crippen LogP contribution is -2.20. The molecule has 1 saturated heterocycles. The fourth-order valence-electron chi connectivity index (χ4n) is 4.18. The summed E-state index contributed by atoms with van der Waals surface area (Å²) in [6.07, 6.45) is 5.69. The van der Waals surface area contributed by atoms with Gasteiger partial charge in [-0.1, -0.05) is 0 Å². The van der Waals surface area contributed by atoms with Crippen LogP contribution < -0.4 is 10.2 Å². The van der Waals surface area contributed by atoms with E-state index in [4.69, 9.17) is 4.74 Å². The van der Waals surface area contributed by atoms with Gasteiger partial charge < -0.3 is 15.0 Å². The highest BCUT2D eigenvalue weighted by Gasteiger charge is 2.28. The van der Waals surface area contributed by atoms with E-state index in [1.165, 1.54) is 24.5 Å². The van der Waals surface area contributed by atoms with E-state index in [9.17, 15) is 19.7 Å². The Bertz CT molecular complexity index is 1010. The first-order chi connectivity index (χ1) is 14.5. The van der Waals surface area contributed by atoms with Crippen LogP contribution in [0.3, 0.4) is 0 Å². The number of nitro groups is 1. The largest absolute Gasteiger partial charge is 0.465 e. The predicted molar refractivity (Wildman–Crippen MR) is 115 cm³/mol. The number of aryl methyl sites for hydroxylation is 1. The third kappa shape index (κ3) is 3.77. The molecule has 158 valence electrons. The Morgan fingerprint density at radius 1 is 1.17 bits per heavy atom. The summed E-state index contributed by atoms with van der Waals surface area (Å²) < 4.78 is 4.93. The average Bonchev–Trinajstić information content (AvgIpc) is 3.40. The number of anilines is 2. The number of methoxy groups -OCH3 is 1. The first-order valence-electron chi connectivity index (χ1n) is 10.1. The van der Waals surface area contributed by atoms with Crippen LogP contribution in [0.4, 0.5) is 16.4 Å². The van der Waals surface area contributed by atoms with Crippen LogP contribution in [0.15, 0.2) is 18.2 Å². The number of rotatable bonds is 5. The third-order valence-corrected chi connectivity index (χ3v) is 6.88. The van der Waals surface area contributed by atoms with Crippen molar-refractivity contribution in [2.24, 2.45) is 0 Å². The molecule has 1 aromatic carbocycles. The van der Waals surface area contributed by atoms with Gasteiger partial charge in [-0.15, -0.1) is 11.3 Å².